The minimum atomic E-state index is -4.82. The number of aromatic nitrogens is 4. The van der Waals surface area contributed by atoms with Crippen molar-refractivity contribution in [3.8, 4) is 11.1 Å². The SMILES string of the molecule is COC[C@H]1CSc2c(-c3ccc(F)c4cnn(C)c34)c(C(F)(F)F)cc3c(N4C[C@@H](C)N(C(=O)OC(C)(C)C)[C@@H](C)C4)nc(=O)n1c23. The second-order valence-electron chi connectivity index (χ2n) is 13.1. The molecule has 0 saturated carbocycles. The average Bonchev–Trinajstić information content (AvgIpc) is 3.36. The number of methoxy groups -OCH3 is 1. The van der Waals surface area contributed by atoms with E-state index in [-0.39, 0.29) is 63.6 Å². The zero-order valence-electron chi connectivity index (χ0n) is 27.1. The fourth-order valence-electron chi connectivity index (χ4n) is 6.77. The Hall–Kier alpha value is -3.85. The summed E-state index contributed by atoms with van der Waals surface area (Å²) in [5, 5.41) is 4.36. The summed E-state index contributed by atoms with van der Waals surface area (Å²) in [6.45, 7) is 9.51. The highest BCUT2D eigenvalue weighted by atomic mass is 32.2. The first-order valence-electron chi connectivity index (χ1n) is 15.2. The Morgan fingerprint density at radius 3 is 2.38 bits per heavy atom. The van der Waals surface area contributed by atoms with Crippen molar-refractivity contribution in [3.63, 3.8) is 0 Å². The molecule has 4 aromatic rings. The molecule has 2 aliphatic heterocycles. The lowest BCUT2D eigenvalue weighted by Crippen LogP contribution is -2.60. The van der Waals surface area contributed by atoms with Crippen molar-refractivity contribution in [2.45, 2.75) is 69.4 Å². The second-order valence-corrected chi connectivity index (χ2v) is 14.2. The van der Waals surface area contributed by atoms with Crippen LogP contribution in [-0.2, 0) is 22.7 Å². The molecule has 0 aliphatic carbocycles. The summed E-state index contributed by atoms with van der Waals surface area (Å²) < 4.78 is 74.1. The fourth-order valence-corrected chi connectivity index (χ4v) is 8.08. The largest absolute Gasteiger partial charge is 0.444 e. The van der Waals surface area contributed by atoms with Crippen molar-refractivity contribution in [1.29, 1.82) is 0 Å². The van der Waals surface area contributed by atoms with Crippen molar-refractivity contribution in [3.05, 3.63) is 46.3 Å². The first-order chi connectivity index (χ1) is 22.0. The monoisotopic (exact) mass is 676 g/mol. The van der Waals surface area contributed by atoms with Gasteiger partial charge in [0.25, 0.3) is 0 Å². The molecule has 4 heterocycles. The highest BCUT2D eigenvalue weighted by Crippen LogP contribution is 2.51. The van der Waals surface area contributed by atoms with Crippen LogP contribution in [0, 0.1) is 5.82 Å². The number of hydrogen-bond donors (Lipinski definition) is 0. The van der Waals surface area contributed by atoms with Gasteiger partial charge < -0.3 is 14.4 Å². The number of halogens is 4. The molecule has 0 N–H and O–H groups in total. The van der Waals surface area contributed by atoms with Gasteiger partial charge in [0, 0.05) is 54.4 Å². The van der Waals surface area contributed by atoms with Crippen LogP contribution in [-0.4, -0.2) is 80.6 Å². The first-order valence-corrected chi connectivity index (χ1v) is 16.2. The first kappa shape index (κ1) is 33.1. The Morgan fingerprint density at radius 1 is 1.09 bits per heavy atom. The number of alkyl halides is 3. The molecule has 252 valence electrons. The molecule has 0 spiro atoms. The molecule has 1 amide bonds. The van der Waals surface area contributed by atoms with Gasteiger partial charge in [-0.15, -0.1) is 11.8 Å². The van der Waals surface area contributed by atoms with Gasteiger partial charge >= 0.3 is 18.0 Å². The maximum atomic E-state index is 15.2. The van der Waals surface area contributed by atoms with E-state index in [2.05, 4.69) is 10.1 Å². The number of piperazine rings is 1. The van der Waals surface area contributed by atoms with E-state index in [1.165, 1.54) is 40.4 Å². The van der Waals surface area contributed by atoms with Crippen molar-refractivity contribution >= 4 is 45.5 Å². The van der Waals surface area contributed by atoms with Crippen LogP contribution in [0.3, 0.4) is 0 Å². The van der Waals surface area contributed by atoms with E-state index in [1.54, 1.807) is 37.6 Å². The summed E-state index contributed by atoms with van der Waals surface area (Å²) in [6.07, 6.45) is -4.03. The fraction of sp³-hybridized carbons (Fsp3) is 0.500. The molecule has 0 bridgehead atoms. The molecule has 47 heavy (non-hydrogen) atoms. The van der Waals surface area contributed by atoms with Gasteiger partial charge in [-0.05, 0) is 52.8 Å². The molecule has 1 fully saturated rings. The number of rotatable bonds is 4. The third-order valence-corrected chi connectivity index (χ3v) is 9.77. The van der Waals surface area contributed by atoms with Crippen LogP contribution in [0.5, 0.6) is 0 Å². The molecule has 15 heteroatoms. The van der Waals surface area contributed by atoms with Gasteiger partial charge in [0.2, 0.25) is 0 Å². The van der Waals surface area contributed by atoms with E-state index in [4.69, 9.17) is 9.47 Å². The summed E-state index contributed by atoms with van der Waals surface area (Å²) in [5.41, 5.74) is -1.77. The Balaban J connectivity index is 1.61. The predicted octanol–water partition coefficient (Wildman–Crippen LogP) is 6.24. The summed E-state index contributed by atoms with van der Waals surface area (Å²) in [6, 6.07) is 2.20. The number of thioether (sulfide) groups is 1. The van der Waals surface area contributed by atoms with Crippen molar-refractivity contribution < 1.29 is 31.8 Å². The lowest BCUT2D eigenvalue weighted by atomic mass is 9.94. The number of fused-ring (bicyclic) bond motifs is 1. The Bertz CT molecular complexity index is 1940. The highest BCUT2D eigenvalue weighted by Gasteiger charge is 2.41. The van der Waals surface area contributed by atoms with Gasteiger partial charge in [-0.1, -0.05) is 0 Å². The molecule has 3 atom stereocenters. The number of benzene rings is 2. The van der Waals surface area contributed by atoms with E-state index < -0.39 is 53.1 Å². The normalized spacial score (nSPS) is 20.4. The maximum absolute atomic E-state index is 15.2. The molecular weight excluding hydrogens is 640 g/mol. The van der Waals surface area contributed by atoms with Crippen LogP contribution >= 0.6 is 11.8 Å². The predicted molar refractivity (Wildman–Crippen MR) is 172 cm³/mol. The Morgan fingerprint density at radius 2 is 1.77 bits per heavy atom. The van der Waals surface area contributed by atoms with E-state index >= 15 is 13.2 Å². The molecular formula is C32H36F4N6O4S. The van der Waals surface area contributed by atoms with Gasteiger partial charge in [-0.3, -0.25) is 14.1 Å². The van der Waals surface area contributed by atoms with Crippen molar-refractivity contribution in [2.75, 3.05) is 37.5 Å². The molecule has 0 radical (unpaired) electrons. The van der Waals surface area contributed by atoms with Gasteiger partial charge in [0.1, 0.15) is 17.2 Å². The zero-order valence-corrected chi connectivity index (χ0v) is 27.9. The minimum Gasteiger partial charge on any atom is -0.444 e. The number of carbonyl (C=O) groups excluding carboxylic acids is 1. The average molecular weight is 677 g/mol. The van der Waals surface area contributed by atoms with Gasteiger partial charge in [-0.2, -0.15) is 23.3 Å². The van der Waals surface area contributed by atoms with E-state index in [9.17, 15) is 14.0 Å². The minimum absolute atomic E-state index is 0.0853. The number of hydrogen-bond acceptors (Lipinski definition) is 8. The highest BCUT2D eigenvalue weighted by molar-refractivity contribution is 7.99. The van der Waals surface area contributed by atoms with Crippen molar-refractivity contribution in [2.24, 2.45) is 7.05 Å². The lowest BCUT2D eigenvalue weighted by molar-refractivity contribution is -0.137. The molecule has 1 saturated heterocycles. The topological polar surface area (TPSA) is 94.7 Å². The number of aryl methyl sites for hydroxylation is 1. The van der Waals surface area contributed by atoms with Crippen LogP contribution in [0.25, 0.3) is 32.9 Å². The van der Waals surface area contributed by atoms with Gasteiger partial charge in [-0.25, -0.2) is 14.0 Å². The number of amides is 1. The molecule has 2 aromatic carbocycles. The zero-order chi connectivity index (χ0) is 34.2. The summed E-state index contributed by atoms with van der Waals surface area (Å²) in [4.78, 5) is 35.0. The third-order valence-electron chi connectivity index (χ3n) is 8.53. The number of carbonyl (C=O) groups is 1. The lowest BCUT2D eigenvalue weighted by Gasteiger charge is -2.45. The summed E-state index contributed by atoms with van der Waals surface area (Å²) >= 11 is 1.20. The smallest absolute Gasteiger partial charge is 0.417 e. The Kier molecular flexibility index (Phi) is 8.22. The van der Waals surface area contributed by atoms with Crippen LogP contribution < -0.4 is 10.6 Å². The van der Waals surface area contributed by atoms with Gasteiger partial charge in [0.05, 0.1) is 52.9 Å². The second kappa shape index (κ2) is 11.7. The number of ether oxygens (including phenoxy) is 2. The molecule has 2 aliphatic rings. The standard InChI is InChI=1S/C32H36F4N6O4S/c1-16-12-40(13-17(2)41(16)30(44)46-31(3,4)5)28-20-10-22(32(34,35)36)24(19-8-9-23(33)21-11-37-39(6)25(19)21)27-26(20)42(29(43)38-28)18(14-45-7)15-47-27/h8-11,16-18H,12-15H2,1-7H3/t16-,17+,18-/m0/s1. The summed E-state index contributed by atoms with van der Waals surface area (Å²) in [5.74, 6) is -0.251. The van der Waals surface area contributed by atoms with Gasteiger partial charge in [0.15, 0.2) is 0 Å². The number of nitrogens with zero attached hydrogens (tertiary/aromatic N) is 6. The van der Waals surface area contributed by atoms with E-state index in [0.717, 1.165) is 12.1 Å². The summed E-state index contributed by atoms with van der Waals surface area (Å²) in [7, 11) is 3.04. The Labute approximate surface area is 272 Å². The maximum Gasteiger partial charge on any atom is 0.417 e. The van der Waals surface area contributed by atoms with Crippen LogP contribution in [0.1, 0.15) is 46.2 Å². The molecule has 2 aromatic heterocycles. The third kappa shape index (κ3) is 5.70. The number of anilines is 1. The van der Waals surface area contributed by atoms with Crippen LogP contribution in [0.15, 0.2) is 34.1 Å². The van der Waals surface area contributed by atoms with E-state index in [1.807, 2.05) is 13.8 Å². The molecule has 6 rings (SSSR count). The molecule has 0 unspecified atom stereocenters. The van der Waals surface area contributed by atoms with E-state index in [0.29, 0.717) is 5.52 Å². The van der Waals surface area contributed by atoms with Crippen LogP contribution in [0.2, 0.25) is 0 Å². The molecule has 10 nitrogen and oxygen atoms in total. The van der Waals surface area contributed by atoms with Crippen LogP contribution in [0.4, 0.5) is 28.2 Å². The van der Waals surface area contributed by atoms with Crippen molar-refractivity contribution in [1.82, 2.24) is 24.2 Å². The quantitative estimate of drug-likeness (QED) is 0.235.